The SMILES string of the molecule is Cc1ccc(C2CC(c3ccc4c(c3)OCO4)=NN2C(=O)CCC(=O)O)cc1. The van der Waals surface area contributed by atoms with Gasteiger partial charge < -0.3 is 14.6 Å². The number of rotatable bonds is 5. The van der Waals surface area contributed by atoms with Crippen molar-refractivity contribution in [2.75, 3.05) is 6.79 Å². The molecule has 2 heterocycles. The van der Waals surface area contributed by atoms with E-state index in [1.807, 2.05) is 49.4 Å². The van der Waals surface area contributed by atoms with E-state index >= 15 is 0 Å². The van der Waals surface area contributed by atoms with E-state index < -0.39 is 5.97 Å². The van der Waals surface area contributed by atoms with E-state index in [0.717, 1.165) is 22.4 Å². The van der Waals surface area contributed by atoms with Crippen LogP contribution in [0.25, 0.3) is 0 Å². The second-order valence-corrected chi connectivity index (χ2v) is 6.88. The fourth-order valence-electron chi connectivity index (χ4n) is 3.37. The summed E-state index contributed by atoms with van der Waals surface area (Å²) < 4.78 is 10.8. The molecule has 0 fully saturated rings. The van der Waals surface area contributed by atoms with Gasteiger partial charge in [0.1, 0.15) is 0 Å². The fourth-order valence-corrected chi connectivity index (χ4v) is 3.37. The zero-order valence-electron chi connectivity index (χ0n) is 15.4. The maximum absolute atomic E-state index is 12.7. The molecule has 28 heavy (non-hydrogen) atoms. The first-order valence-corrected chi connectivity index (χ1v) is 9.09. The predicted octanol–water partition coefficient (Wildman–Crippen LogP) is 3.27. The third kappa shape index (κ3) is 3.55. The fraction of sp³-hybridized carbons (Fsp3) is 0.286. The van der Waals surface area contributed by atoms with Crippen LogP contribution in [0, 0.1) is 6.92 Å². The summed E-state index contributed by atoms with van der Waals surface area (Å²) in [5.41, 5.74) is 3.71. The molecule has 7 heteroatoms. The van der Waals surface area contributed by atoms with E-state index in [2.05, 4.69) is 5.10 Å². The Balaban J connectivity index is 1.64. The van der Waals surface area contributed by atoms with Crippen LogP contribution in [0.3, 0.4) is 0 Å². The molecule has 2 aliphatic rings. The first kappa shape index (κ1) is 18.0. The number of carbonyl (C=O) groups is 2. The minimum absolute atomic E-state index is 0.0877. The highest BCUT2D eigenvalue weighted by Gasteiger charge is 2.33. The third-order valence-electron chi connectivity index (χ3n) is 4.89. The summed E-state index contributed by atoms with van der Waals surface area (Å²) in [5, 5.41) is 14.9. The van der Waals surface area contributed by atoms with Crippen molar-refractivity contribution in [2.45, 2.75) is 32.2 Å². The number of aryl methyl sites for hydroxylation is 1. The average molecular weight is 380 g/mol. The number of ether oxygens (including phenoxy) is 2. The van der Waals surface area contributed by atoms with Gasteiger partial charge in [0, 0.05) is 18.4 Å². The van der Waals surface area contributed by atoms with Gasteiger partial charge in [0.05, 0.1) is 18.2 Å². The second kappa shape index (κ2) is 7.34. The van der Waals surface area contributed by atoms with Crippen LogP contribution in [-0.2, 0) is 9.59 Å². The molecule has 0 radical (unpaired) electrons. The average Bonchev–Trinajstić information content (AvgIpc) is 3.33. The van der Waals surface area contributed by atoms with Gasteiger partial charge in [-0.1, -0.05) is 29.8 Å². The van der Waals surface area contributed by atoms with Gasteiger partial charge in [0.15, 0.2) is 11.5 Å². The minimum Gasteiger partial charge on any atom is -0.481 e. The molecule has 2 aromatic carbocycles. The Morgan fingerprint density at radius 3 is 2.61 bits per heavy atom. The van der Waals surface area contributed by atoms with Crippen molar-refractivity contribution in [3.8, 4) is 11.5 Å². The molecule has 7 nitrogen and oxygen atoms in total. The van der Waals surface area contributed by atoms with Crippen LogP contribution in [0.1, 0.15) is 42.0 Å². The van der Waals surface area contributed by atoms with Crippen LogP contribution < -0.4 is 9.47 Å². The molecule has 1 N–H and O–H groups in total. The molecule has 1 unspecified atom stereocenters. The Hall–Kier alpha value is -3.35. The van der Waals surface area contributed by atoms with E-state index in [4.69, 9.17) is 14.6 Å². The monoisotopic (exact) mass is 380 g/mol. The van der Waals surface area contributed by atoms with E-state index in [0.29, 0.717) is 17.9 Å². The Morgan fingerprint density at radius 1 is 1.11 bits per heavy atom. The number of amides is 1. The minimum atomic E-state index is -1.00. The number of hydrogen-bond acceptors (Lipinski definition) is 5. The lowest BCUT2D eigenvalue weighted by atomic mass is 9.97. The number of benzene rings is 2. The van der Waals surface area contributed by atoms with Crippen LogP contribution >= 0.6 is 0 Å². The zero-order valence-corrected chi connectivity index (χ0v) is 15.4. The standard InChI is InChI=1S/C21H20N2O5/c1-13-2-4-14(5-3-13)17-11-16(22-23(17)20(24)8-9-21(25)26)15-6-7-18-19(10-15)28-12-27-18/h2-7,10,17H,8-9,11-12H2,1H3,(H,25,26). The number of aliphatic carboxylic acids is 1. The number of hydrogen-bond donors (Lipinski definition) is 1. The molecule has 0 spiro atoms. The second-order valence-electron chi connectivity index (χ2n) is 6.88. The lowest BCUT2D eigenvalue weighted by Gasteiger charge is -2.22. The Labute approximate surface area is 162 Å². The number of carboxylic acid groups (broad SMARTS) is 1. The van der Waals surface area contributed by atoms with Crippen molar-refractivity contribution in [1.82, 2.24) is 5.01 Å². The van der Waals surface area contributed by atoms with Gasteiger partial charge in [-0.15, -0.1) is 0 Å². The van der Waals surface area contributed by atoms with Gasteiger partial charge in [-0.25, -0.2) is 5.01 Å². The largest absolute Gasteiger partial charge is 0.481 e. The van der Waals surface area contributed by atoms with E-state index in [-0.39, 0.29) is 31.6 Å². The summed E-state index contributed by atoms with van der Waals surface area (Å²) in [5.74, 6) is 0.0395. The van der Waals surface area contributed by atoms with Crippen molar-refractivity contribution in [1.29, 1.82) is 0 Å². The maximum atomic E-state index is 12.7. The lowest BCUT2D eigenvalue weighted by molar-refractivity contribution is -0.141. The van der Waals surface area contributed by atoms with Gasteiger partial charge in [-0.3, -0.25) is 9.59 Å². The first-order valence-electron chi connectivity index (χ1n) is 9.09. The van der Waals surface area contributed by atoms with E-state index in [1.54, 1.807) is 0 Å². The Morgan fingerprint density at radius 2 is 1.86 bits per heavy atom. The summed E-state index contributed by atoms with van der Waals surface area (Å²) in [6, 6.07) is 13.3. The summed E-state index contributed by atoms with van der Waals surface area (Å²) in [6.07, 6.45) is 0.238. The quantitative estimate of drug-likeness (QED) is 0.860. The highest BCUT2D eigenvalue weighted by atomic mass is 16.7. The smallest absolute Gasteiger partial charge is 0.303 e. The summed E-state index contributed by atoms with van der Waals surface area (Å²) in [7, 11) is 0. The molecule has 144 valence electrons. The molecular formula is C21H20N2O5. The molecule has 1 atom stereocenters. The first-order chi connectivity index (χ1) is 13.5. The molecule has 0 aliphatic carbocycles. The lowest BCUT2D eigenvalue weighted by Crippen LogP contribution is -2.27. The normalized spacial score (nSPS) is 17.5. The van der Waals surface area contributed by atoms with Crippen LogP contribution in [0.2, 0.25) is 0 Å². The predicted molar refractivity (Wildman–Crippen MR) is 101 cm³/mol. The number of carboxylic acids is 1. The molecule has 2 aromatic rings. The summed E-state index contributed by atoms with van der Waals surface area (Å²) in [4.78, 5) is 23.5. The van der Waals surface area contributed by atoms with Crippen LogP contribution in [0.4, 0.5) is 0 Å². The van der Waals surface area contributed by atoms with Crippen molar-refractivity contribution >= 4 is 17.6 Å². The molecule has 0 aromatic heterocycles. The number of hydrazone groups is 1. The molecule has 0 saturated carbocycles. The van der Waals surface area contributed by atoms with Gasteiger partial charge in [0.25, 0.3) is 0 Å². The molecule has 4 rings (SSSR count). The molecular weight excluding hydrogens is 360 g/mol. The Kier molecular flexibility index (Phi) is 4.73. The molecule has 0 bridgehead atoms. The van der Waals surface area contributed by atoms with Crippen LogP contribution in [-0.4, -0.2) is 34.5 Å². The van der Waals surface area contributed by atoms with Gasteiger partial charge in [-0.05, 0) is 30.7 Å². The van der Waals surface area contributed by atoms with E-state index in [9.17, 15) is 9.59 Å². The number of carbonyl (C=O) groups excluding carboxylic acids is 1. The summed E-state index contributed by atoms with van der Waals surface area (Å²) in [6.45, 7) is 2.19. The van der Waals surface area contributed by atoms with Crippen LogP contribution in [0.15, 0.2) is 47.6 Å². The van der Waals surface area contributed by atoms with Crippen molar-refractivity contribution < 1.29 is 24.2 Å². The number of fused-ring (bicyclic) bond motifs is 1. The summed E-state index contributed by atoms with van der Waals surface area (Å²) >= 11 is 0. The van der Waals surface area contributed by atoms with Gasteiger partial charge >= 0.3 is 5.97 Å². The van der Waals surface area contributed by atoms with Crippen molar-refractivity contribution in [2.24, 2.45) is 5.10 Å². The molecule has 2 aliphatic heterocycles. The topological polar surface area (TPSA) is 88.4 Å². The third-order valence-corrected chi connectivity index (χ3v) is 4.89. The zero-order chi connectivity index (χ0) is 19.7. The maximum Gasteiger partial charge on any atom is 0.303 e. The van der Waals surface area contributed by atoms with E-state index in [1.165, 1.54) is 5.01 Å². The molecule has 0 saturated heterocycles. The van der Waals surface area contributed by atoms with Gasteiger partial charge in [0.2, 0.25) is 12.7 Å². The van der Waals surface area contributed by atoms with Crippen LogP contribution in [0.5, 0.6) is 11.5 Å². The van der Waals surface area contributed by atoms with Crippen molar-refractivity contribution in [3.63, 3.8) is 0 Å². The highest BCUT2D eigenvalue weighted by molar-refractivity contribution is 6.03. The Bertz CT molecular complexity index is 952. The van der Waals surface area contributed by atoms with Gasteiger partial charge in [-0.2, -0.15) is 5.10 Å². The molecule has 1 amide bonds. The van der Waals surface area contributed by atoms with Crippen molar-refractivity contribution in [3.05, 3.63) is 59.2 Å². The highest BCUT2D eigenvalue weighted by Crippen LogP contribution is 2.37. The number of nitrogens with zero attached hydrogens (tertiary/aromatic N) is 2.